The van der Waals surface area contributed by atoms with Gasteiger partial charge in [0.25, 0.3) is 0 Å². The number of hydrogen-bond donors (Lipinski definition) is 1. The van der Waals surface area contributed by atoms with E-state index in [1.54, 1.807) is 50.2 Å². The van der Waals surface area contributed by atoms with Gasteiger partial charge in [-0.3, -0.25) is 0 Å². The van der Waals surface area contributed by atoms with E-state index in [0.29, 0.717) is 23.0 Å². The minimum atomic E-state index is -3.95. The lowest BCUT2D eigenvalue weighted by molar-refractivity contribution is -0.137. The maximum absolute atomic E-state index is 13.2. The van der Waals surface area contributed by atoms with Gasteiger partial charge in [-0.2, -0.15) is 4.72 Å². The Morgan fingerprint density at radius 3 is 2.29 bits per heavy atom. The number of fused-ring (bicyclic) bond motifs is 3. The van der Waals surface area contributed by atoms with Crippen LogP contribution in [0.5, 0.6) is 5.75 Å². The van der Waals surface area contributed by atoms with Gasteiger partial charge in [0.1, 0.15) is 17.4 Å². The largest absolute Gasteiger partial charge is 0.425 e. The molecule has 3 aromatic carbocycles. The van der Waals surface area contributed by atoms with Crippen LogP contribution in [-0.4, -0.2) is 20.4 Å². The highest BCUT2D eigenvalue weighted by atomic mass is 32.2. The van der Waals surface area contributed by atoms with Crippen molar-refractivity contribution >= 4 is 37.7 Å². The molecule has 1 heterocycles. The van der Waals surface area contributed by atoms with Crippen molar-refractivity contribution in [3.63, 3.8) is 0 Å². The van der Waals surface area contributed by atoms with Crippen molar-refractivity contribution in [3.05, 3.63) is 82.2 Å². The van der Waals surface area contributed by atoms with Crippen molar-refractivity contribution in [2.24, 2.45) is 5.92 Å². The maximum Gasteiger partial charge on any atom is 0.344 e. The quantitative estimate of drug-likeness (QED) is 0.171. The number of rotatable bonds is 7. The molecule has 0 unspecified atom stereocenters. The number of sulfonamides is 1. The zero-order chi connectivity index (χ0) is 25.3. The van der Waals surface area contributed by atoms with Gasteiger partial charge in [-0.1, -0.05) is 56.2 Å². The SMILES string of the molecule is CC[C@@H](C)[C@H](NS(=O)(=O)c1ccc(C)cc1)C(=O)Oc1ccc2c(oc(=O)c3ccccc32)c1C. The van der Waals surface area contributed by atoms with E-state index in [0.717, 1.165) is 16.3 Å². The molecule has 4 rings (SSSR count). The van der Waals surface area contributed by atoms with Gasteiger partial charge in [0, 0.05) is 10.9 Å². The van der Waals surface area contributed by atoms with Crippen LogP contribution in [0.25, 0.3) is 21.7 Å². The smallest absolute Gasteiger partial charge is 0.344 e. The monoisotopic (exact) mass is 493 g/mol. The van der Waals surface area contributed by atoms with Gasteiger partial charge in [0.15, 0.2) is 0 Å². The molecule has 4 aromatic rings. The third-order valence-electron chi connectivity index (χ3n) is 6.28. The third-order valence-corrected chi connectivity index (χ3v) is 7.74. The Labute approximate surface area is 203 Å². The number of esters is 1. The highest BCUT2D eigenvalue weighted by molar-refractivity contribution is 7.89. The van der Waals surface area contributed by atoms with E-state index >= 15 is 0 Å². The van der Waals surface area contributed by atoms with Gasteiger partial charge < -0.3 is 9.15 Å². The minimum Gasteiger partial charge on any atom is -0.425 e. The fraction of sp³-hybridized carbons (Fsp3) is 0.259. The molecule has 0 fully saturated rings. The maximum atomic E-state index is 13.2. The van der Waals surface area contributed by atoms with Crippen LogP contribution in [0.2, 0.25) is 0 Å². The van der Waals surface area contributed by atoms with Crippen molar-refractivity contribution in [3.8, 4) is 5.75 Å². The summed E-state index contributed by atoms with van der Waals surface area (Å²) in [5.74, 6) is -0.866. The molecule has 0 bridgehead atoms. The highest BCUT2D eigenvalue weighted by Crippen LogP contribution is 2.31. The second-order valence-electron chi connectivity index (χ2n) is 8.72. The first-order chi connectivity index (χ1) is 16.6. The predicted molar refractivity (Wildman–Crippen MR) is 135 cm³/mol. The zero-order valence-corrected chi connectivity index (χ0v) is 20.8. The average molecular weight is 494 g/mol. The first-order valence-corrected chi connectivity index (χ1v) is 12.9. The van der Waals surface area contributed by atoms with Crippen LogP contribution < -0.4 is 15.1 Å². The molecule has 0 aliphatic heterocycles. The zero-order valence-electron chi connectivity index (χ0n) is 20.0. The Kier molecular flexibility index (Phi) is 6.78. The van der Waals surface area contributed by atoms with Crippen LogP contribution in [0.4, 0.5) is 0 Å². The molecule has 0 saturated heterocycles. The second kappa shape index (κ2) is 9.64. The van der Waals surface area contributed by atoms with Crippen LogP contribution in [0, 0.1) is 19.8 Å². The molecule has 7 nitrogen and oxygen atoms in total. The highest BCUT2D eigenvalue weighted by Gasteiger charge is 2.32. The van der Waals surface area contributed by atoms with E-state index in [4.69, 9.17) is 9.15 Å². The van der Waals surface area contributed by atoms with Crippen LogP contribution >= 0.6 is 0 Å². The molecule has 8 heteroatoms. The molecular weight excluding hydrogens is 466 g/mol. The first-order valence-electron chi connectivity index (χ1n) is 11.4. The summed E-state index contributed by atoms with van der Waals surface area (Å²) in [7, 11) is -3.95. The van der Waals surface area contributed by atoms with Crippen molar-refractivity contribution in [1.82, 2.24) is 4.72 Å². The molecule has 35 heavy (non-hydrogen) atoms. The summed E-state index contributed by atoms with van der Waals surface area (Å²) in [6, 6.07) is 15.8. The summed E-state index contributed by atoms with van der Waals surface area (Å²) in [5.41, 5.74) is 1.23. The van der Waals surface area contributed by atoms with Crippen molar-refractivity contribution in [1.29, 1.82) is 0 Å². The average Bonchev–Trinajstić information content (AvgIpc) is 2.84. The molecule has 1 aromatic heterocycles. The Hall–Kier alpha value is -3.49. The molecule has 0 saturated carbocycles. The molecule has 0 aliphatic rings. The number of hydrogen-bond acceptors (Lipinski definition) is 6. The third kappa shape index (κ3) is 4.85. The molecule has 0 amide bonds. The van der Waals surface area contributed by atoms with Crippen LogP contribution in [-0.2, 0) is 14.8 Å². The molecule has 1 N–H and O–H groups in total. The fourth-order valence-electron chi connectivity index (χ4n) is 3.93. The van der Waals surface area contributed by atoms with E-state index in [2.05, 4.69) is 4.72 Å². The van der Waals surface area contributed by atoms with E-state index in [-0.39, 0.29) is 16.6 Å². The van der Waals surface area contributed by atoms with Gasteiger partial charge in [-0.05, 0) is 55.5 Å². The van der Waals surface area contributed by atoms with Crippen molar-refractivity contribution in [2.75, 3.05) is 0 Å². The van der Waals surface area contributed by atoms with Crippen LogP contribution in [0.3, 0.4) is 0 Å². The molecule has 0 spiro atoms. The number of nitrogens with one attached hydrogen (secondary N) is 1. The van der Waals surface area contributed by atoms with Crippen molar-refractivity contribution < 1.29 is 22.4 Å². The minimum absolute atomic E-state index is 0.0692. The topological polar surface area (TPSA) is 103 Å². The van der Waals surface area contributed by atoms with Crippen LogP contribution in [0.1, 0.15) is 31.4 Å². The first kappa shape index (κ1) is 24.6. The summed E-state index contributed by atoms with van der Waals surface area (Å²) in [6.07, 6.45) is 0.549. The molecule has 0 radical (unpaired) electrons. The summed E-state index contributed by atoms with van der Waals surface area (Å²) in [6.45, 7) is 7.20. The molecule has 0 aliphatic carbocycles. The van der Waals surface area contributed by atoms with Gasteiger partial charge in [0.05, 0.1) is 10.3 Å². The van der Waals surface area contributed by atoms with E-state index < -0.39 is 27.7 Å². The lowest BCUT2D eigenvalue weighted by Crippen LogP contribution is -2.47. The molecule has 2 atom stereocenters. The number of carbonyl (C=O) groups excluding carboxylic acids is 1. The number of benzene rings is 3. The van der Waals surface area contributed by atoms with E-state index in [1.807, 2.05) is 26.0 Å². The Morgan fingerprint density at radius 1 is 0.971 bits per heavy atom. The van der Waals surface area contributed by atoms with Gasteiger partial charge >= 0.3 is 11.6 Å². The van der Waals surface area contributed by atoms with Crippen molar-refractivity contribution in [2.45, 2.75) is 45.1 Å². The normalized spacial score (nSPS) is 13.6. The molecule has 182 valence electrons. The molecular formula is C27H27NO6S. The number of ether oxygens (including phenoxy) is 1. The Balaban J connectivity index is 1.68. The number of carbonyl (C=O) groups is 1. The lowest BCUT2D eigenvalue weighted by Gasteiger charge is -2.23. The predicted octanol–water partition coefficient (Wildman–Crippen LogP) is 4.86. The Bertz CT molecular complexity index is 1570. The van der Waals surface area contributed by atoms with Gasteiger partial charge in [-0.25, -0.2) is 18.0 Å². The van der Waals surface area contributed by atoms with Gasteiger partial charge in [-0.15, -0.1) is 0 Å². The fourth-order valence-corrected chi connectivity index (χ4v) is 5.22. The lowest BCUT2D eigenvalue weighted by atomic mass is 10.0. The standard InChI is InChI=1S/C27H27NO6S/c1-5-17(3)24(28-35(31,32)19-12-10-16(2)11-13-19)27(30)33-23-15-14-21-20-8-6-7-9-22(20)26(29)34-25(21)18(23)4/h6-15,17,24,28H,5H2,1-4H3/t17-,24+/m1/s1. The Morgan fingerprint density at radius 2 is 1.63 bits per heavy atom. The van der Waals surface area contributed by atoms with E-state index in [1.165, 1.54) is 12.1 Å². The second-order valence-corrected chi connectivity index (χ2v) is 10.4. The van der Waals surface area contributed by atoms with E-state index in [9.17, 15) is 18.0 Å². The van der Waals surface area contributed by atoms with Crippen LogP contribution in [0.15, 0.2) is 74.8 Å². The van der Waals surface area contributed by atoms with Gasteiger partial charge in [0.2, 0.25) is 10.0 Å². The summed E-state index contributed by atoms with van der Waals surface area (Å²) < 4.78 is 39.7. The number of aryl methyl sites for hydroxylation is 2. The summed E-state index contributed by atoms with van der Waals surface area (Å²) >= 11 is 0. The summed E-state index contributed by atoms with van der Waals surface area (Å²) in [4.78, 5) is 25.7. The summed E-state index contributed by atoms with van der Waals surface area (Å²) in [5, 5.41) is 1.92.